The summed E-state index contributed by atoms with van der Waals surface area (Å²) < 4.78 is 10.0. The first-order valence-electron chi connectivity index (χ1n) is 6.27. The summed E-state index contributed by atoms with van der Waals surface area (Å²) >= 11 is 0. The van der Waals surface area contributed by atoms with Crippen molar-refractivity contribution in [1.82, 2.24) is 5.32 Å². The third kappa shape index (κ3) is 8.95. The van der Waals surface area contributed by atoms with Gasteiger partial charge in [0.05, 0.1) is 17.2 Å². The molecular formula is C12H24N2O4. The molecule has 0 atom stereocenters. The van der Waals surface area contributed by atoms with Gasteiger partial charge in [0.25, 0.3) is 6.20 Å². The molecule has 18 heavy (non-hydrogen) atoms. The highest BCUT2D eigenvalue weighted by Gasteiger charge is 2.08. The van der Waals surface area contributed by atoms with E-state index < -0.39 is 11.2 Å². The predicted molar refractivity (Wildman–Crippen MR) is 69.6 cm³/mol. The Morgan fingerprint density at radius 2 is 2.00 bits per heavy atom. The Morgan fingerprint density at radius 3 is 2.50 bits per heavy atom. The van der Waals surface area contributed by atoms with Crippen LogP contribution in [0.25, 0.3) is 0 Å². The summed E-state index contributed by atoms with van der Waals surface area (Å²) in [6, 6.07) is 0. The van der Waals surface area contributed by atoms with Gasteiger partial charge in [-0.15, -0.1) is 0 Å². The molecule has 0 saturated carbocycles. The van der Waals surface area contributed by atoms with E-state index in [4.69, 9.17) is 9.47 Å². The monoisotopic (exact) mass is 260 g/mol. The number of unbranched alkanes of at least 4 members (excludes halogenated alkanes) is 3. The molecular weight excluding hydrogens is 236 g/mol. The van der Waals surface area contributed by atoms with Crippen LogP contribution < -0.4 is 5.32 Å². The molecule has 0 bridgehead atoms. The van der Waals surface area contributed by atoms with Crippen molar-refractivity contribution in [3.05, 3.63) is 22.0 Å². The molecule has 0 unspecified atom stereocenters. The standard InChI is InChI=1S/C12H24N2O4/c1-4-5-6-7-8-11(10-14(15)16)13-9-12(17-2)18-3/h10,12-13H,4-9H2,1-3H3/b11-10+. The van der Waals surface area contributed by atoms with Crippen LogP contribution in [0.1, 0.15) is 39.0 Å². The highest BCUT2D eigenvalue weighted by atomic mass is 16.7. The van der Waals surface area contributed by atoms with Crippen LogP contribution in [0.5, 0.6) is 0 Å². The van der Waals surface area contributed by atoms with Crippen molar-refractivity contribution in [3.8, 4) is 0 Å². The Hall–Kier alpha value is -1.14. The summed E-state index contributed by atoms with van der Waals surface area (Å²) in [4.78, 5) is 10.1. The summed E-state index contributed by atoms with van der Waals surface area (Å²) in [5.74, 6) is 0. The summed E-state index contributed by atoms with van der Waals surface area (Å²) in [5, 5.41) is 13.5. The van der Waals surface area contributed by atoms with Gasteiger partial charge in [-0.3, -0.25) is 10.1 Å². The molecule has 0 radical (unpaired) electrons. The molecule has 0 amide bonds. The van der Waals surface area contributed by atoms with Crippen LogP contribution in [0.2, 0.25) is 0 Å². The van der Waals surface area contributed by atoms with Crippen molar-refractivity contribution in [3.63, 3.8) is 0 Å². The molecule has 0 saturated heterocycles. The number of hydrogen-bond donors (Lipinski definition) is 1. The van der Waals surface area contributed by atoms with Gasteiger partial charge < -0.3 is 14.8 Å². The van der Waals surface area contributed by atoms with Gasteiger partial charge in [0.2, 0.25) is 0 Å². The Labute approximate surface area is 108 Å². The molecule has 106 valence electrons. The molecule has 1 N–H and O–H groups in total. The molecule has 0 heterocycles. The van der Waals surface area contributed by atoms with Gasteiger partial charge in [-0.2, -0.15) is 0 Å². The van der Waals surface area contributed by atoms with E-state index in [9.17, 15) is 10.1 Å². The van der Waals surface area contributed by atoms with Crippen LogP contribution >= 0.6 is 0 Å². The minimum Gasteiger partial charge on any atom is -0.378 e. The van der Waals surface area contributed by atoms with E-state index >= 15 is 0 Å². The minimum absolute atomic E-state index is 0.393. The molecule has 0 aliphatic rings. The average Bonchev–Trinajstić information content (AvgIpc) is 2.34. The lowest BCUT2D eigenvalue weighted by Gasteiger charge is -2.15. The van der Waals surface area contributed by atoms with E-state index in [1.54, 1.807) is 0 Å². The second-order valence-electron chi connectivity index (χ2n) is 4.03. The van der Waals surface area contributed by atoms with E-state index in [2.05, 4.69) is 12.2 Å². The van der Waals surface area contributed by atoms with Crippen molar-refractivity contribution < 1.29 is 14.4 Å². The lowest BCUT2D eigenvalue weighted by molar-refractivity contribution is -0.403. The molecule has 0 aromatic heterocycles. The van der Waals surface area contributed by atoms with Crippen LogP contribution in [0, 0.1) is 10.1 Å². The van der Waals surface area contributed by atoms with Gasteiger partial charge in [-0.1, -0.05) is 26.2 Å². The Bertz CT molecular complexity index is 252. The number of ether oxygens (including phenoxy) is 2. The predicted octanol–water partition coefficient (Wildman–Crippen LogP) is 2.28. The molecule has 0 spiro atoms. The van der Waals surface area contributed by atoms with Crippen molar-refractivity contribution in [1.29, 1.82) is 0 Å². The second kappa shape index (κ2) is 11.0. The maximum Gasteiger partial charge on any atom is 0.253 e. The maximum absolute atomic E-state index is 10.5. The third-order valence-corrected chi connectivity index (χ3v) is 2.58. The SMILES string of the molecule is CCCCCC/C(=C\[N+](=O)[O-])NCC(OC)OC. The topological polar surface area (TPSA) is 73.6 Å². The Balaban J connectivity index is 4.11. The zero-order chi connectivity index (χ0) is 13.8. The van der Waals surface area contributed by atoms with Gasteiger partial charge in [-0.25, -0.2) is 0 Å². The molecule has 6 nitrogen and oxygen atoms in total. The quantitative estimate of drug-likeness (QED) is 0.267. The number of rotatable bonds is 11. The van der Waals surface area contributed by atoms with Crippen LogP contribution in [-0.2, 0) is 9.47 Å². The van der Waals surface area contributed by atoms with Crippen LogP contribution in [0.15, 0.2) is 11.9 Å². The molecule has 0 aliphatic heterocycles. The van der Waals surface area contributed by atoms with Gasteiger partial charge >= 0.3 is 0 Å². The average molecular weight is 260 g/mol. The number of nitrogens with one attached hydrogen (secondary N) is 1. The van der Waals surface area contributed by atoms with Crippen molar-refractivity contribution >= 4 is 0 Å². The van der Waals surface area contributed by atoms with Crippen molar-refractivity contribution in [2.75, 3.05) is 20.8 Å². The zero-order valence-corrected chi connectivity index (χ0v) is 11.5. The van der Waals surface area contributed by atoms with E-state index in [0.29, 0.717) is 18.7 Å². The van der Waals surface area contributed by atoms with Gasteiger partial charge in [0.15, 0.2) is 6.29 Å². The number of hydrogen-bond acceptors (Lipinski definition) is 5. The lowest BCUT2D eigenvalue weighted by atomic mass is 10.1. The summed E-state index contributed by atoms with van der Waals surface area (Å²) in [6.07, 6.45) is 5.66. The highest BCUT2D eigenvalue weighted by Crippen LogP contribution is 2.08. The number of nitrogens with zero attached hydrogens (tertiary/aromatic N) is 1. The van der Waals surface area contributed by atoms with E-state index in [0.717, 1.165) is 31.9 Å². The molecule has 0 aliphatic carbocycles. The first-order chi connectivity index (χ1) is 8.63. The highest BCUT2D eigenvalue weighted by molar-refractivity contribution is 4.94. The fourth-order valence-electron chi connectivity index (χ4n) is 1.55. The Kier molecular flexibility index (Phi) is 10.3. The normalized spacial score (nSPS) is 11.9. The molecule has 6 heteroatoms. The summed E-state index contributed by atoms with van der Waals surface area (Å²) in [6.45, 7) is 2.54. The zero-order valence-electron chi connectivity index (χ0n) is 11.5. The largest absolute Gasteiger partial charge is 0.378 e. The van der Waals surface area contributed by atoms with E-state index in [1.807, 2.05) is 0 Å². The Morgan fingerprint density at radius 1 is 1.33 bits per heavy atom. The van der Waals surface area contributed by atoms with Crippen LogP contribution in [-0.4, -0.2) is 32.0 Å². The maximum atomic E-state index is 10.5. The van der Waals surface area contributed by atoms with Crippen molar-refractivity contribution in [2.24, 2.45) is 0 Å². The third-order valence-electron chi connectivity index (χ3n) is 2.58. The minimum atomic E-state index is -0.434. The van der Waals surface area contributed by atoms with E-state index in [1.165, 1.54) is 14.2 Å². The van der Waals surface area contributed by atoms with Gasteiger partial charge in [0, 0.05) is 14.2 Å². The molecule has 0 fully saturated rings. The van der Waals surface area contributed by atoms with E-state index in [-0.39, 0.29) is 0 Å². The number of nitro groups is 1. The number of allylic oxidation sites excluding steroid dienone is 1. The molecule has 0 rings (SSSR count). The smallest absolute Gasteiger partial charge is 0.253 e. The fraction of sp³-hybridized carbons (Fsp3) is 0.833. The van der Waals surface area contributed by atoms with Gasteiger partial charge in [-0.05, 0) is 12.8 Å². The summed E-state index contributed by atoms with van der Waals surface area (Å²) in [7, 11) is 3.07. The summed E-state index contributed by atoms with van der Waals surface area (Å²) in [5.41, 5.74) is 0.621. The first-order valence-corrected chi connectivity index (χ1v) is 6.27. The molecule has 0 aromatic carbocycles. The van der Waals surface area contributed by atoms with Crippen LogP contribution in [0.3, 0.4) is 0 Å². The van der Waals surface area contributed by atoms with Crippen molar-refractivity contribution in [2.45, 2.75) is 45.3 Å². The first kappa shape index (κ1) is 16.9. The van der Waals surface area contributed by atoms with Gasteiger partial charge in [0.1, 0.15) is 0 Å². The second-order valence-corrected chi connectivity index (χ2v) is 4.03. The molecule has 0 aromatic rings. The fourth-order valence-corrected chi connectivity index (χ4v) is 1.55. The van der Waals surface area contributed by atoms with Crippen LogP contribution in [0.4, 0.5) is 0 Å². The number of methoxy groups -OCH3 is 2. The lowest BCUT2D eigenvalue weighted by Crippen LogP contribution is -2.29.